The van der Waals surface area contributed by atoms with Crippen molar-refractivity contribution in [2.75, 3.05) is 6.61 Å². The van der Waals surface area contributed by atoms with Gasteiger partial charge in [-0.15, -0.1) is 0 Å². The first-order valence-corrected chi connectivity index (χ1v) is 14.7. The number of fused-ring (bicyclic) bond motifs is 5. The molecule has 3 aliphatic rings. The summed E-state index contributed by atoms with van der Waals surface area (Å²) in [7, 11) is 0. The highest BCUT2D eigenvalue weighted by molar-refractivity contribution is 5.98. The number of ether oxygens (including phenoxy) is 2. The molecular formula is C36H33NO4. The van der Waals surface area contributed by atoms with Gasteiger partial charge in [0.1, 0.15) is 18.1 Å². The van der Waals surface area contributed by atoms with Crippen LogP contribution in [0, 0.1) is 5.92 Å². The molecule has 0 saturated carbocycles. The van der Waals surface area contributed by atoms with Crippen molar-refractivity contribution in [3.8, 4) is 22.6 Å². The molecule has 1 amide bonds. The van der Waals surface area contributed by atoms with Gasteiger partial charge in [-0.05, 0) is 90.8 Å². The van der Waals surface area contributed by atoms with Crippen molar-refractivity contribution in [3.63, 3.8) is 0 Å². The zero-order valence-electron chi connectivity index (χ0n) is 22.9. The maximum Gasteiger partial charge on any atom is 0.410 e. The van der Waals surface area contributed by atoms with Gasteiger partial charge in [-0.2, -0.15) is 0 Å². The summed E-state index contributed by atoms with van der Waals surface area (Å²) < 4.78 is 11.9. The third kappa shape index (κ3) is 4.90. The van der Waals surface area contributed by atoms with E-state index in [1.807, 2.05) is 59.5 Å². The van der Waals surface area contributed by atoms with Gasteiger partial charge >= 0.3 is 6.09 Å². The van der Waals surface area contributed by atoms with Gasteiger partial charge in [-0.25, -0.2) is 4.79 Å². The molecule has 2 bridgehead atoms. The molecule has 1 aliphatic carbocycles. The maximum absolute atomic E-state index is 13.5. The molecule has 5 nitrogen and oxygen atoms in total. The number of para-hydroxylation sites is 1. The van der Waals surface area contributed by atoms with Crippen molar-refractivity contribution >= 4 is 11.9 Å². The molecule has 2 aliphatic heterocycles. The number of rotatable bonds is 6. The number of piperidine rings is 2. The number of hydrogen-bond donors (Lipinski definition) is 0. The highest BCUT2D eigenvalue weighted by atomic mass is 16.6. The minimum atomic E-state index is -0.241. The van der Waals surface area contributed by atoms with E-state index >= 15 is 0 Å². The van der Waals surface area contributed by atoms with Crippen molar-refractivity contribution < 1.29 is 19.1 Å². The van der Waals surface area contributed by atoms with E-state index in [0.717, 1.165) is 25.0 Å². The lowest BCUT2D eigenvalue weighted by Crippen LogP contribution is -2.55. The van der Waals surface area contributed by atoms with Crippen LogP contribution in [0.25, 0.3) is 11.1 Å². The van der Waals surface area contributed by atoms with Crippen molar-refractivity contribution in [3.05, 3.63) is 120 Å². The third-order valence-corrected chi connectivity index (χ3v) is 9.01. The second-order valence-electron chi connectivity index (χ2n) is 11.4. The molecule has 0 aromatic heterocycles. The SMILES string of the molecule is O=C(c1ccc(Oc2ccccc2)cc1)C1CC2CCCC(C1)N2C(=O)OCC1c2ccccc2-c2ccccc21. The molecule has 206 valence electrons. The molecule has 2 saturated heterocycles. The van der Waals surface area contributed by atoms with E-state index in [4.69, 9.17) is 9.47 Å². The predicted octanol–water partition coefficient (Wildman–Crippen LogP) is 8.24. The van der Waals surface area contributed by atoms with Crippen LogP contribution in [0.5, 0.6) is 11.5 Å². The van der Waals surface area contributed by atoms with Crippen molar-refractivity contribution in [2.45, 2.75) is 50.1 Å². The summed E-state index contributed by atoms with van der Waals surface area (Å²) >= 11 is 0. The van der Waals surface area contributed by atoms with Crippen LogP contribution in [0.1, 0.15) is 59.5 Å². The smallest absolute Gasteiger partial charge is 0.410 e. The Labute approximate surface area is 240 Å². The van der Waals surface area contributed by atoms with Gasteiger partial charge in [0.2, 0.25) is 0 Å². The molecule has 4 aromatic carbocycles. The lowest BCUT2D eigenvalue weighted by atomic mass is 9.76. The molecule has 4 aromatic rings. The summed E-state index contributed by atoms with van der Waals surface area (Å²) in [5.74, 6) is 1.57. The summed E-state index contributed by atoms with van der Waals surface area (Å²) in [5.41, 5.74) is 5.57. The molecule has 0 spiro atoms. The van der Waals surface area contributed by atoms with Gasteiger partial charge in [0, 0.05) is 29.5 Å². The fourth-order valence-electron chi connectivity index (χ4n) is 7.11. The standard InChI is InChI=1S/C36H33NO4/c38-35(24-17-19-29(20-18-24)41-28-11-2-1-3-12-28)25-21-26-9-8-10-27(22-25)37(26)36(39)40-23-34-32-15-6-4-13-30(32)31-14-5-7-16-33(31)34/h1-7,11-20,25-27,34H,8-10,21-23H2. The van der Waals surface area contributed by atoms with Crippen LogP contribution in [0.4, 0.5) is 4.79 Å². The van der Waals surface area contributed by atoms with Gasteiger partial charge in [-0.1, -0.05) is 66.7 Å². The average molecular weight is 544 g/mol. The van der Waals surface area contributed by atoms with Crippen molar-refractivity contribution in [2.24, 2.45) is 5.92 Å². The van der Waals surface area contributed by atoms with Gasteiger partial charge in [0.15, 0.2) is 5.78 Å². The van der Waals surface area contributed by atoms with Gasteiger partial charge in [0.25, 0.3) is 0 Å². The average Bonchev–Trinajstić information content (AvgIpc) is 3.33. The van der Waals surface area contributed by atoms with E-state index in [-0.39, 0.29) is 35.8 Å². The van der Waals surface area contributed by atoms with Gasteiger partial charge < -0.3 is 14.4 Å². The van der Waals surface area contributed by atoms with Gasteiger partial charge in [-0.3, -0.25) is 4.79 Å². The highest BCUT2D eigenvalue weighted by Gasteiger charge is 2.44. The minimum absolute atomic E-state index is 0.0350. The second kappa shape index (κ2) is 10.9. The van der Waals surface area contributed by atoms with E-state index in [2.05, 4.69) is 48.5 Å². The van der Waals surface area contributed by atoms with Gasteiger partial charge in [0.05, 0.1) is 0 Å². The number of Topliss-reactive ketones (excluding diaryl/α,β-unsaturated/α-hetero) is 1. The van der Waals surface area contributed by atoms with E-state index in [1.54, 1.807) is 0 Å². The van der Waals surface area contributed by atoms with Crippen LogP contribution in [-0.2, 0) is 4.74 Å². The highest BCUT2D eigenvalue weighted by Crippen LogP contribution is 2.45. The molecule has 0 N–H and O–H groups in total. The fraction of sp³-hybridized carbons (Fsp3) is 0.278. The molecule has 0 radical (unpaired) electrons. The Morgan fingerprint density at radius 3 is 1.88 bits per heavy atom. The van der Waals surface area contributed by atoms with Crippen LogP contribution < -0.4 is 4.74 Å². The molecule has 5 heteroatoms. The van der Waals surface area contributed by atoms with Crippen LogP contribution >= 0.6 is 0 Å². The number of nitrogens with zero attached hydrogens (tertiary/aromatic N) is 1. The molecule has 2 atom stereocenters. The zero-order valence-corrected chi connectivity index (χ0v) is 22.9. The molecule has 7 rings (SSSR count). The monoisotopic (exact) mass is 543 g/mol. The Morgan fingerprint density at radius 2 is 1.24 bits per heavy atom. The maximum atomic E-state index is 13.5. The third-order valence-electron chi connectivity index (χ3n) is 9.01. The lowest BCUT2D eigenvalue weighted by molar-refractivity contribution is 0.00651. The van der Waals surface area contributed by atoms with E-state index in [0.29, 0.717) is 30.8 Å². The summed E-state index contributed by atoms with van der Waals surface area (Å²) in [4.78, 5) is 29.0. The Balaban J connectivity index is 1.01. The Kier molecular flexibility index (Phi) is 6.79. The van der Waals surface area contributed by atoms with E-state index in [1.165, 1.54) is 22.3 Å². The van der Waals surface area contributed by atoms with Crippen molar-refractivity contribution in [1.29, 1.82) is 0 Å². The number of carbonyl (C=O) groups is 2. The minimum Gasteiger partial charge on any atom is -0.457 e. The van der Waals surface area contributed by atoms with Crippen LogP contribution in [0.15, 0.2) is 103 Å². The molecule has 2 fully saturated rings. The van der Waals surface area contributed by atoms with E-state index in [9.17, 15) is 9.59 Å². The number of ketones is 1. The summed E-state index contributed by atoms with van der Waals surface area (Å²) in [5, 5.41) is 0. The molecule has 41 heavy (non-hydrogen) atoms. The van der Waals surface area contributed by atoms with E-state index < -0.39 is 0 Å². The van der Waals surface area contributed by atoms with Crippen LogP contribution in [-0.4, -0.2) is 35.5 Å². The topological polar surface area (TPSA) is 55.8 Å². The zero-order chi connectivity index (χ0) is 27.8. The number of carbonyl (C=O) groups excluding carboxylic acids is 2. The first kappa shape index (κ1) is 25.6. The Hall–Kier alpha value is -4.38. The summed E-state index contributed by atoms with van der Waals surface area (Å²) in [6.45, 7) is 0.322. The first-order chi connectivity index (χ1) is 20.2. The molecule has 2 unspecified atom stereocenters. The quantitative estimate of drug-likeness (QED) is 0.230. The lowest BCUT2D eigenvalue weighted by Gasteiger charge is -2.47. The second-order valence-corrected chi connectivity index (χ2v) is 11.4. The number of benzene rings is 4. The first-order valence-electron chi connectivity index (χ1n) is 14.7. The van der Waals surface area contributed by atoms with Crippen LogP contribution in [0.3, 0.4) is 0 Å². The molecular weight excluding hydrogens is 510 g/mol. The summed E-state index contributed by atoms with van der Waals surface area (Å²) in [6, 6.07) is 33.9. The Morgan fingerprint density at radius 1 is 0.683 bits per heavy atom. The van der Waals surface area contributed by atoms with Crippen LogP contribution in [0.2, 0.25) is 0 Å². The predicted molar refractivity (Wildman–Crippen MR) is 158 cm³/mol. The molecule has 2 heterocycles. The largest absolute Gasteiger partial charge is 0.457 e. The number of hydrogen-bond acceptors (Lipinski definition) is 4. The Bertz CT molecular complexity index is 1500. The fourth-order valence-corrected chi connectivity index (χ4v) is 7.11. The van der Waals surface area contributed by atoms with Crippen molar-refractivity contribution in [1.82, 2.24) is 4.90 Å². The number of amides is 1. The summed E-state index contributed by atoms with van der Waals surface area (Å²) in [6.07, 6.45) is 4.02. The normalized spacial score (nSPS) is 21.1.